The fourth-order valence-electron chi connectivity index (χ4n) is 2.12. The summed E-state index contributed by atoms with van der Waals surface area (Å²) in [6, 6.07) is 12.8. The zero-order chi connectivity index (χ0) is 17.9. The number of carbonyl (C=O) groups is 1. The van der Waals surface area contributed by atoms with Gasteiger partial charge in [-0.3, -0.25) is 14.8 Å². The van der Waals surface area contributed by atoms with Crippen LogP contribution in [0.4, 0.5) is 5.69 Å². The summed E-state index contributed by atoms with van der Waals surface area (Å²) in [5, 5.41) is 6.49. The van der Waals surface area contributed by atoms with E-state index < -0.39 is 0 Å². The van der Waals surface area contributed by atoms with Gasteiger partial charge in [0.25, 0.3) is 0 Å². The molecule has 0 aliphatic carbocycles. The molecule has 0 radical (unpaired) electrons. The van der Waals surface area contributed by atoms with Crippen LogP contribution in [0.2, 0.25) is 5.02 Å². The number of guanidine groups is 1. The molecule has 132 valence electrons. The van der Waals surface area contributed by atoms with Crippen molar-refractivity contribution < 1.29 is 4.79 Å². The maximum absolute atomic E-state index is 11.8. The van der Waals surface area contributed by atoms with Crippen LogP contribution in [0.15, 0.2) is 53.7 Å². The fourth-order valence-corrected chi connectivity index (χ4v) is 2.24. The third kappa shape index (κ3) is 7.67. The lowest BCUT2D eigenvalue weighted by Gasteiger charge is -2.06. The predicted octanol–water partition coefficient (Wildman–Crippen LogP) is 2.60. The Kier molecular flexibility index (Phi) is 7.72. The number of amides is 1. The number of rotatable bonds is 8. The van der Waals surface area contributed by atoms with Gasteiger partial charge in [-0.25, -0.2) is 0 Å². The smallest absolute Gasteiger partial charge is 0.224 e. The van der Waals surface area contributed by atoms with Gasteiger partial charge in [-0.15, -0.1) is 0 Å². The minimum absolute atomic E-state index is 0.0563. The zero-order valence-electron chi connectivity index (χ0n) is 13.9. The summed E-state index contributed by atoms with van der Waals surface area (Å²) in [7, 11) is 0. The standard InChI is InChI=1S/C18H22ClN5O/c19-14-6-8-16(9-7-14)24-17(25)5-3-12-22-18(20)23-13-10-15-4-1-2-11-21-15/h1-2,4,6-9,11H,3,5,10,12-13H2,(H,24,25)(H3,20,22,23). The van der Waals surface area contributed by atoms with Gasteiger partial charge in [0.2, 0.25) is 5.91 Å². The van der Waals surface area contributed by atoms with Crippen molar-refractivity contribution in [2.75, 3.05) is 18.4 Å². The van der Waals surface area contributed by atoms with E-state index >= 15 is 0 Å². The quantitative estimate of drug-likeness (QED) is 0.384. The van der Waals surface area contributed by atoms with Crippen molar-refractivity contribution in [2.45, 2.75) is 19.3 Å². The maximum Gasteiger partial charge on any atom is 0.224 e. The lowest BCUT2D eigenvalue weighted by atomic mass is 10.2. The summed E-state index contributed by atoms with van der Waals surface area (Å²) in [5.74, 6) is 0.327. The number of carbonyl (C=O) groups excluding carboxylic acids is 1. The lowest BCUT2D eigenvalue weighted by molar-refractivity contribution is -0.116. The zero-order valence-corrected chi connectivity index (χ0v) is 14.7. The first kappa shape index (κ1) is 18.7. The SMILES string of the molecule is NC(=NCCCC(=O)Nc1ccc(Cl)cc1)NCCc1ccccn1. The van der Waals surface area contributed by atoms with E-state index in [-0.39, 0.29) is 5.91 Å². The monoisotopic (exact) mass is 359 g/mol. The van der Waals surface area contributed by atoms with Gasteiger partial charge in [0.1, 0.15) is 0 Å². The van der Waals surface area contributed by atoms with Gasteiger partial charge < -0.3 is 16.4 Å². The minimum atomic E-state index is -0.0563. The molecule has 0 saturated carbocycles. The van der Waals surface area contributed by atoms with E-state index in [4.69, 9.17) is 17.3 Å². The van der Waals surface area contributed by atoms with Gasteiger partial charge in [-0.05, 0) is 42.8 Å². The summed E-state index contributed by atoms with van der Waals surface area (Å²) < 4.78 is 0. The molecule has 0 fully saturated rings. The first-order valence-corrected chi connectivity index (χ1v) is 8.50. The summed E-state index contributed by atoms with van der Waals surface area (Å²) in [6.07, 6.45) is 3.55. The fraction of sp³-hybridized carbons (Fsp3) is 0.278. The van der Waals surface area contributed by atoms with Gasteiger partial charge in [-0.2, -0.15) is 0 Å². The number of halogens is 1. The van der Waals surface area contributed by atoms with Crippen LogP contribution in [0.3, 0.4) is 0 Å². The van der Waals surface area contributed by atoms with Crippen molar-refractivity contribution in [3.8, 4) is 0 Å². The molecule has 0 unspecified atom stereocenters. The van der Waals surface area contributed by atoms with E-state index in [0.29, 0.717) is 36.9 Å². The van der Waals surface area contributed by atoms with Gasteiger partial charge in [0, 0.05) is 48.5 Å². The van der Waals surface area contributed by atoms with Crippen molar-refractivity contribution in [2.24, 2.45) is 10.7 Å². The number of anilines is 1. The van der Waals surface area contributed by atoms with E-state index in [0.717, 1.165) is 17.8 Å². The van der Waals surface area contributed by atoms with Crippen LogP contribution in [-0.4, -0.2) is 29.9 Å². The Balaban J connectivity index is 1.59. The molecular formula is C18H22ClN5O. The Morgan fingerprint density at radius 1 is 1.20 bits per heavy atom. The molecule has 2 rings (SSSR count). The molecule has 0 aliphatic rings. The molecular weight excluding hydrogens is 338 g/mol. The molecule has 0 aliphatic heterocycles. The van der Waals surface area contributed by atoms with E-state index in [9.17, 15) is 4.79 Å². The van der Waals surface area contributed by atoms with Crippen LogP contribution in [0.1, 0.15) is 18.5 Å². The number of nitrogens with two attached hydrogens (primary N) is 1. The number of aromatic nitrogens is 1. The Labute approximate surface area is 152 Å². The molecule has 0 atom stereocenters. The second kappa shape index (κ2) is 10.3. The first-order chi connectivity index (χ1) is 12.1. The van der Waals surface area contributed by atoms with Gasteiger partial charge >= 0.3 is 0 Å². The molecule has 4 N–H and O–H groups in total. The van der Waals surface area contributed by atoms with E-state index in [2.05, 4.69) is 20.6 Å². The summed E-state index contributed by atoms with van der Waals surface area (Å²) in [6.45, 7) is 1.17. The van der Waals surface area contributed by atoms with Crippen LogP contribution in [0, 0.1) is 0 Å². The largest absolute Gasteiger partial charge is 0.370 e. The predicted molar refractivity (Wildman–Crippen MR) is 102 cm³/mol. The van der Waals surface area contributed by atoms with E-state index in [1.165, 1.54) is 0 Å². The number of benzene rings is 1. The third-order valence-electron chi connectivity index (χ3n) is 3.39. The average Bonchev–Trinajstić information content (AvgIpc) is 2.62. The highest BCUT2D eigenvalue weighted by Crippen LogP contribution is 2.13. The molecule has 1 aromatic heterocycles. The van der Waals surface area contributed by atoms with Crippen molar-refractivity contribution in [1.29, 1.82) is 0 Å². The second-order valence-electron chi connectivity index (χ2n) is 5.42. The van der Waals surface area contributed by atoms with Gasteiger partial charge in [-0.1, -0.05) is 17.7 Å². The average molecular weight is 360 g/mol. The first-order valence-electron chi connectivity index (χ1n) is 8.12. The van der Waals surface area contributed by atoms with Crippen LogP contribution in [0.25, 0.3) is 0 Å². The van der Waals surface area contributed by atoms with Crippen LogP contribution >= 0.6 is 11.6 Å². The number of aliphatic imine (C=N–C) groups is 1. The highest BCUT2D eigenvalue weighted by molar-refractivity contribution is 6.30. The summed E-state index contributed by atoms with van der Waals surface area (Å²) >= 11 is 5.80. The molecule has 2 aromatic rings. The number of hydrogen-bond acceptors (Lipinski definition) is 3. The van der Waals surface area contributed by atoms with Crippen LogP contribution in [-0.2, 0) is 11.2 Å². The molecule has 0 spiro atoms. The molecule has 7 heteroatoms. The van der Waals surface area contributed by atoms with Crippen LogP contribution < -0.4 is 16.4 Å². The Morgan fingerprint density at radius 3 is 2.72 bits per heavy atom. The Hall–Kier alpha value is -2.60. The summed E-state index contributed by atoms with van der Waals surface area (Å²) in [4.78, 5) is 20.3. The van der Waals surface area contributed by atoms with Crippen molar-refractivity contribution >= 4 is 29.2 Å². The highest BCUT2D eigenvalue weighted by atomic mass is 35.5. The highest BCUT2D eigenvalue weighted by Gasteiger charge is 2.02. The Morgan fingerprint density at radius 2 is 2.00 bits per heavy atom. The third-order valence-corrected chi connectivity index (χ3v) is 3.64. The van der Waals surface area contributed by atoms with Crippen molar-refractivity contribution in [3.05, 3.63) is 59.4 Å². The van der Waals surface area contributed by atoms with Crippen molar-refractivity contribution in [1.82, 2.24) is 10.3 Å². The molecule has 0 bridgehead atoms. The molecule has 6 nitrogen and oxygen atoms in total. The molecule has 1 amide bonds. The van der Waals surface area contributed by atoms with Crippen molar-refractivity contribution in [3.63, 3.8) is 0 Å². The second-order valence-corrected chi connectivity index (χ2v) is 5.86. The van der Waals surface area contributed by atoms with Gasteiger partial charge in [0.05, 0.1) is 0 Å². The minimum Gasteiger partial charge on any atom is -0.370 e. The number of nitrogens with zero attached hydrogens (tertiary/aromatic N) is 2. The lowest BCUT2D eigenvalue weighted by Crippen LogP contribution is -2.33. The van der Waals surface area contributed by atoms with E-state index in [1.54, 1.807) is 30.5 Å². The Bertz CT molecular complexity index is 688. The molecule has 1 heterocycles. The molecule has 25 heavy (non-hydrogen) atoms. The maximum atomic E-state index is 11.8. The van der Waals surface area contributed by atoms with Gasteiger partial charge in [0.15, 0.2) is 5.96 Å². The topological polar surface area (TPSA) is 92.4 Å². The number of nitrogens with one attached hydrogen (secondary N) is 2. The normalized spacial score (nSPS) is 11.2. The van der Waals surface area contributed by atoms with Crippen LogP contribution in [0.5, 0.6) is 0 Å². The number of pyridine rings is 1. The summed E-state index contributed by atoms with van der Waals surface area (Å²) in [5.41, 5.74) is 7.53. The molecule has 1 aromatic carbocycles. The van der Waals surface area contributed by atoms with E-state index in [1.807, 2.05) is 18.2 Å². The molecule has 0 saturated heterocycles. The number of hydrogen-bond donors (Lipinski definition) is 3.